The minimum Gasteiger partial charge on any atom is -0.478 e. The molecule has 1 saturated carbocycles. The van der Waals surface area contributed by atoms with E-state index in [4.69, 9.17) is 4.98 Å². The normalized spacial score (nSPS) is 22.3. The first-order valence-corrected chi connectivity index (χ1v) is 7.53. The maximum atomic E-state index is 11.4. The lowest BCUT2D eigenvalue weighted by Crippen LogP contribution is -2.29. The Morgan fingerprint density at radius 2 is 2.00 bits per heavy atom. The Hall–Kier alpha value is -1.84. The molecule has 0 radical (unpaired) electrons. The van der Waals surface area contributed by atoms with Crippen molar-refractivity contribution < 1.29 is 9.90 Å². The summed E-state index contributed by atoms with van der Waals surface area (Å²) in [5.41, 5.74) is 1.77. The van der Waals surface area contributed by atoms with Crippen molar-refractivity contribution in [1.29, 1.82) is 0 Å². The third-order valence-corrected chi connectivity index (χ3v) is 4.34. The molecule has 3 rings (SSSR count). The number of carboxylic acids is 1. The van der Waals surface area contributed by atoms with Gasteiger partial charge < -0.3 is 9.67 Å². The van der Waals surface area contributed by atoms with E-state index < -0.39 is 5.97 Å². The number of fused-ring (bicyclic) bond motifs is 1. The minimum absolute atomic E-state index is 0.104. The number of aromatic nitrogens is 2. The zero-order valence-corrected chi connectivity index (χ0v) is 13.1. The molecule has 0 aliphatic heterocycles. The maximum absolute atomic E-state index is 11.4. The highest BCUT2D eigenvalue weighted by Gasteiger charge is 2.34. The first kappa shape index (κ1) is 14.1. The Kier molecular flexibility index (Phi) is 3.08. The molecule has 2 aromatic rings. The number of carbonyl (C=O) groups is 1. The summed E-state index contributed by atoms with van der Waals surface area (Å²) in [5, 5.41) is 9.39. The van der Waals surface area contributed by atoms with E-state index in [-0.39, 0.29) is 5.41 Å². The Morgan fingerprint density at radius 1 is 1.33 bits per heavy atom. The van der Waals surface area contributed by atoms with Crippen molar-refractivity contribution >= 4 is 17.0 Å². The molecular formula is C17H22N2O2. The molecule has 0 saturated heterocycles. The molecule has 4 nitrogen and oxygen atoms in total. The summed E-state index contributed by atoms with van der Waals surface area (Å²) in [5.74, 6) is 0.818. The van der Waals surface area contributed by atoms with Crippen molar-refractivity contribution in [3.63, 3.8) is 0 Å². The molecule has 1 heterocycles. The summed E-state index contributed by atoms with van der Waals surface area (Å²) in [6.07, 6.45) is 2.29. The molecule has 4 heteroatoms. The molecule has 1 fully saturated rings. The average molecular weight is 286 g/mol. The minimum atomic E-state index is -0.910. The van der Waals surface area contributed by atoms with Crippen LogP contribution in [-0.2, 0) is 5.41 Å². The van der Waals surface area contributed by atoms with Gasteiger partial charge in [0.25, 0.3) is 0 Å². The lowest BCUT2D eigenvalue weighted by Gasteiger charge is -2.37. The summed E-state index contributed by atoms with van der Waals surface area (Å²) in [7, 11) is 0. The zero-order valence-electron chi connectivity index (χ0n) is 13.1. The largest absolute Gasteiger partial charge is 0.478 e. The number of rotatable bonds is 2. The first-order chi connectivity index (χ1) is 9.79. The Morgan fingerprint density at radius 3 is 2.52 bits per heavy atom. The van der Waals surface area contributed by atoms with E-state index in [9.17, 15) is 9.90 Å². The van der Waals surface area contributed by atoms with Crippen LogP contribution in [0, 0.1) is 5.92 Å². The van der Waals surface area contributed by atoms with Crippen LogP contribution in [0.5, 0.6) is 0 Å². The van der Waals surface area contributed by atoms with Crippen LogP contribution in [0.25, 0.3) is 11.0 Å². The van der Waals surface area contributed by atoms with E-state index >= 15 is 0 Å². The van der Waals surface area contributed by atoms with Crippen LogP contribution in [-0.4, -0.2) is 20.6 Å². The van der Waals surface area contributed by atoms with Crippen molar-refractivity contribution in [2.24, 2.45) is 5.92 Å². The van der Waals surface area contributed by atoms with Crippen LogP contribution >= 0.6 is 0 Å². The van der Waals surface area contributed by atoms with Gasteiger partial charge in [-0.1, -0.05) is 33.8 Å². The molecule has 1 N–H and O–H groups in total. The van der Waals surface area contributed by atoms with Gasteiger partial charge in [0.2, 0.25) is 0 Å². The van der Waals surface area contributed by atoms with Gasteiger partial charge in [-0.3, -0.25) is 0 Å². The first-order valence-electron chi connectivity index (χ1n) is 7.53. The number of aromatic carboxylic acids is 1. The topological polar surface area (TPSA) is 55.1 Å². The molecule has 21 heavy (non-hydrogen) atoms. The van der Waals surface area contributed by atoms with Crippen molar-refractivity contribution in [2.75, 3.05) is 0 Å². The highest BCUT2D eigenvalue weighted by atomic mass is 16.4. The van der Waals surface area contributed by atoms with E-state index in [0.717, 1.165) is 30.1 Å². The van der Waals surface area contributed by atoms with E-state index in [0.29, 0.717) is 17.1 Å². The molecular weight excluding hydrogens is 264 g/mol. The fourth-order valence-corrected chi connectivity index (χ4v) is 3.26. The predicted molar refractivity (Wildman–Crippen MR) is 82.8 cm³/mol. The van der Waals surface area contributed by atoms with Crippen molar-refractivity contribution in [1.82, 2.24) is 9.55 Å². The number of benzene rings is 1. The van der Waals surface area contributed by atoms with E-state index in [1.54, 1.807) is 6.07 Å². The molecule has 0 spiro atoms. The number of hydrogen-bond donors (Lipinski definition) is 1. The van der Waals surface area contributed by atoms with E-state index in [2.05, 4.69) is 32.3 Å². The molecule has 1 aromatic heterocycles. The molecule has 0 atom stereocenters. The highest BCUT2D eigenvalue weighted by Crippen LogP contribution is 2.42. The molecule has 0 bridgehead atoms. The van der Waals surface area contributed by atoms with Crippen molar-refractivity contribution in [3.05, 3.63) is 29.6 Å². The molecule has 0 amide bonds. The third kappa shape index (κ3) is 2.23. The molecule has 112 valence electrons. The quantitative estimate of drug-likeness (QED) is 0.907. The van der Waals surface area contributed by atoms with Crippen LogP contribution in [0.15, 0.2) is 18.2 Å². The standard InChI is InChI=1S/C17H22N2O2/c1-10-8-11(9-10)19-13-7-5-6-12(15(20)21)14(13)18-16(19)17(2,3)4/h5-7,10-11H,8-9H2,1-4H3,(H,20,21). The third-order valence-electron chi connectivity index (χ3n) is 4.34. The Bertz CT molecular complexity index is 703. The second-order valence-electron chi connectivity index (χ2n) is 7.26. The second kappa shape index (κ2) is 4.58. The van der Waals surface area contributed by atoms with Crippen LogP contribution in [0.3, 0.4) is 0 Å². The van der Waals surface area contributed by atoms with E-state index in [1.165, 1.54) is 0 Å². The molecule has 1 aliphatic rings. The fourth-order valence-electron chi connectivity index (χ4n) is 3.26. The monoisotopic (exact) mass is 286 g/mol. The smallest absolute Gasteiger partial charge is 0.337 e. The van der Waals surface area contributed by atoms with E-state index in [1.807, 2.05) is 12.1 Å². The van der Waals surface area contributed by atoms with Gasteiger partial charge >= 0.3 is 5.97 Å². The summed E-state index contributed by atoms with van der Waals surface area (Å²) < 4.78 is 2.28. The number of para-hydroxylation sites is 1. The lowest BCUT2D eigenvalue weighted by molar-refractivity contribution is 0.0699. The zero-order chi connectivity index (χ0) is 15.4. The van der Waals surface area contributed by atoms with Crippen LogP contribution in [0.2, 0.25) is 0 Å². The maximum Gasteiger partial charge on any atom is 0.337 e. The molecule has 0 unspecified atom stereocenters. The van der Waals surface area contributed by atoms with Gasteiger partial charge in [-0.05, 0) is 30.9 Å². The van der Waals surface area contributed by atoms with Gasteiger partial charge in [-0.2, -0.15) is 0 Å². The number of nitrogens with zero attached hydrogens (tertiary/aromatic N) is 2. The van der Waals surface area contributed by atoms with Gasteiger partial charge in [0.05, 0.1) is 11.1 Å². The number of carboxylic acid groups (broad SMARTS) is 1. The Balaban J connectivity index is 2.27. The number of hydrogen-bond acceptors (Lipinski definition) is 2. The van der Waals surface area contributed by atoms with Gasteiger partial charge in [0, 0.05) is 11.5 Å². The number of imidazole rings is 1. The average Bonchev–Trinajstić information content (AvgIpc) is 2.73. The van der Waals surface area contributed by atoms with Gasteiger partial charge in [-0.25, -0.2) is 9.78 Å². The van der Waals surface area contributed by atoms with Crippen LogP contribution in [0.4, 0.5) is 0 Å². The van der Waals surface area contributed by atoms with Crippen LogP contribution < -0.4 is 0 Å². The van der Waals surface area contributed by atoms with Gasteiger partial charge in [-0.15, -0.1) is 0 Å². The summed E-state index contributed by atoms with van der Waals surface area (Å²) in [4.78, 5) is 16.2. The summed E-state index contributed by atoms with van der Waals surface area (Å²) >= 11 is 0. The molecule has 1 aromatic carbocycles. The van der Waals surface area contributed by atoms with Crippen LogP contribution in [0.1, 0.15) is 62.8 Å². The predicted octanol–water partition coefficient (Wildman–Crippen LogP) is 4.00. The molecule has 1 aliphatic carbocycles. The highest BCUT2D eigenvalue weighted by molar-refractivity contribution is 6.01. The lowest BCUT2D eigenvalue weighted by atomic mass is 9.81. The Labute approximate surface area is 124 Å². The summed E-state index contributed by atoms with van der Waals surface area (Å²) in [6.45, 7) is 8.66. The SMILES string of the molecule is CC1CC(n2c(C(C)(C)C)nc3c(C(=O)O)cccc32)C1. The van der Waals surface area contributed by atoms with Gasteiger partial charge in [0.1, 0.15) is 11.3 Å². The van der Waals surface area contributed by atoms with Crippen molar-refractivity contribution in [2.45, 2.75) is 52.0 Å². The second-order valence-corrected chi connectivity index (χ2v) is 7.26. The van der Waals surface area contributed by atoms with Gasteiger partial charge in [0.15, 0.2) is 0 Å². The van der Waals surface area contributed by atoms with Crippen molar-refractivity contribution in [3.8, 4) is 0 Å². The summed E-state index contributed by atoms with van der Waals surface area (Å²) in [6, 6.07) is 5.90. The fraction of sp³-hybridized carbons (Fsp3) is 0.529.